The lowest BCUT2D eigenvalue weighted by molar-refractivity contribution is -0.167. The third-order valence-corrected chi connectivity index (χ3v) is 15.4. The Morgan fingerprint density at radius 3 is 0.775 bits per heavy atom. The molecule has 0 amide bonds. The molecule has 0 aromatic carbocycles. The van der Waals surface area contributed by atoms with Gasteiger partial charge in [-0.3, -0.25) is 14.4 Å². The molecule has 0 N–H and O–H groups in total. The molecule has 6 heteroatoms. The van der Waals surface area contributed by atoms with Crippen LogP contribution in [0.1, 0.15) is 361 Å². The lowest BCUT2D eigenvalue weighted by Crippen LogP contribution is -2.30. The SMILES string of the molecule is CC/C=C\C/C=C\C/C=C\CCCCCCCC(=O)OCC(COC(=O)CCCCCCCCCCCCCCCCCCCCC/C=C\C/C=C\CCCCCCC)OC(=O)CCCCCCC/C=C\CCCCCCCCC. The Kier molecular flexibility index (Phi) is 65.7. The summed E-state index contributed by atoms with van der Waals surface area (Å²) in [5, 5.41) is 0. The van der Waals surface area contributed by atoms with Crippen LogP contribution >= 0.6 is 0 Å². The molecule has 0 aliphatic heterocycles. The second-order valence-corrected chi connectivity index (χ2v) is 23.4. The van der Waals surface area contributed by atoms with Crippen molar-refractivity contribution in [3.05, 3.63) is 72.9 Å². The highest BCUT2D eigenvalue weighted by Gasteiger charge is 2.19. The van der Waals surface area contributed by atoms with Gasteiger partial charge in [0.05, 0.1) is 0 Å². The Bertz CT molecular complexity index is 1470. The van der Waals surface area contributed by atoms with Crippen LogP contribution in [0.15, 0.2) is 72.9 Å². The number of allylic oxidation sites excluding steroid dienone is 12. The zero-order valence-corrected chi connectivity index (χ0v) is 53.3. The van der Waals surface area contributed by atoms with E-state index in [4.69, 9.17) is 14.2 Å². The second kappa shape index (κ2) is 68.3. The average molecular weight is 1120 g/mol. The molecule has 0 rings (SSSR count). The molecule has 464 valence electrons. The first-order chi connectivity index (χ1) is 39.5. The molecule has 0 aliphatic rings. The van der Waals surface area contributed by atoms with Crippen molar-refractivity contribution in [2.24, 2.45) is 0 Å². The van der Waals surface area contributed by atoms with Gasteiger partial charge in [0.1, 0.15) is 13.2 Å². The zero-order chi connectivity index (χ0) is 57.8. The standard InChI is InChI=1S/C74H132O6/c1-4-7-10-13-16-19-22-25-28-30-31-32-33-34-35-36-37-38-39-40-41-42-43-44-47-49-52-55-58-61-64-67-73(76)79-70-71(69-78-72(75)66-63-60-57-54-51-48-45-27-24-21-18-15-12-9-6-3)80-74(77)68-65-62-59-56-53-50-46-29-26-23-20-17-14-11-8-5-2/h9,12,18,21-22,25,27,29-31,45-46,71H,4-8,10-11,13-17,19-20,23-24,26,28,32-44,47-70H2,1-3H3/b12-9-,21-18-,25-22-,31-30-,45-27-,46-29-. The highest BCUT2D eigenvalue weighted by Crippen LogP contribution is 2.17. The van der Waals surface area contributed by atoms with Crippen LogP contribution in [0.3, 0.4) is 0 Å². The summed E-state index contributed by atoms with van der Waals surface area (Å²) >= 11 is 0. The maximum absolute atomic E-state index is 12.9. The van der Waals surface area contributed by atoms with E-state index >= 15 is 0 Å². The van der Waals surface area contributed by atoms with E-state index in [-0.39, 0.29) is 31.1 Å². The minimum atomic E-state index is -0.787. The van der Waals surface area contributed by atoms with E-state index in [1.807, 2.05) is 0 Å². The number of carbonyl (C=O) groups is 3. The van der Waals surface area contributed by atoms with Crippen LogP contribution in [0.2, 0.25) is 0 Å². The first-order valence-corrected chi connectivity index (χ1v) is 34.9. The number of ether oxygens (including phenoxy) is 3. The molecule has 0 spiro atoms. The Hall–Kier alpha value is -3.15. The van der Waals surface area contributed by atoms with E-state index in [2.05, 4.69) is 93.7 Å². The molecule has 6 nitrogen and oxygen atoms in total. The summed E-state index contributed by atoms with van der Waals surface area (Å²) in [6.07, 6.45) is 89.4. The predicted octanol–water partition coefficient (Wildman–Crippen LogP) is 24.1. The second-order valence-electron chi connectivity index (χ2n) is 23.4. The maximum atomic E-state index is 12.9. The van der Waals surface area contributed by atoms with E-state index in [0.29, 0.717) is 19.3 Å². The van der Waals surface area contributed by atoms with Crippen LogP contribution in [0.5, 0.6) is 0 Å². The highest BCUT2D eigenvalue weighted by atomic mass is 16.6. The van der Waals surface area contributed by atoms with Gasteiger partial charge in [-0.25, -0.2) is 0 Å². The van der Waals surface area contributed by atoms with Crippen LogP contribution < -0.4 is 0 Å². The number of rotatable bonds is 64. The molecule has 0 aliphatic carbocycles. The first kappa shape index (κ1) is 76.9. The summed E-state index contributed by atoms with van der Waals surface area (Å²) in [6.45, 7) is 6.54. The molecule has 0 aromatic rings. The minimum absolute atomic E-state index is 0.0812. The number of unbranched alkanes of at least 4 members (excludes halogenated alkanes) is 41. The van der Waals surface area contributed by atoms with Crippen molar-refractivity contribution in [1.29, 1.82) is 0 Å². The van der Waals surface area contributed by atoms with Gasteiger partial charge >= 0.3 is 17.9 Å². The quantitative estimate of drug-likeness (QED) is 0.0261. The highest BCUT2D eigenvalue weighted by molar-refractivity contribution is 5.71. The molecule has 0 fully saturated rings. The van der Waals surface area contributed by atoms with Crippen molar-refractivity contribution in [2.75, 3.05) is 13.2 Å². The van der Waals surface area contributed by atoms with Gasteiger partial charge in [0.25, 0.3) is 0 Å². The molecular formula is C74H132O6. The molecule has 0 bridgehead atoms. The molecular weight excluding hydrogens is 985 g/mol. The van der Waals surface area contributed by atoms with Crippen molar-refractivity contribution in [3.63, 3.8) is 0 Å². The summed E-state index contributed by atoms with van der Waals surface area (Å²) in [4.78, 5) is 38.4. The summed E-state index contributed by atoms with van der Waals surface area (Å²) in [7, 11) is 0. The van der Waals surface area contributed by atoms with Gasteiger partial charge in [0, 0.05) is 19.3 Å². The van der Waals surface area contributed by atoms with Crippen molar-refractivity contribution < 1.29 is 28.6 Å². The molecule has 1 unspecified atom stereocenters. The fraction of sp³-hybridized carbons (Fsp3) is 0.797. The molecule has 80 heavy (non-hydrogen) atoms. The molecule has 0 radical (unpaired) electrons. The van der Waals surface area contributed by atoms with E-state index in [1.54, 1.807) is 0 Å². The van der Waals surface area contributed by atoms with Gasteiger partial charge in [-0.15, -0.1) is 0 Å². The topological polar surface area (TPSA) is 78.9 Å². The van der Waals surface area contributed by atoms with Crippen molar-refractivity contribution in [3.8, 4) is 0 Å². The number of carbonyl (C=O) groups excluding carboxylic acids is 3. The fourth-order valence-corrected chi connectivity index (χ4v) is 10.2. The van der Waals surface area contributed by atoms with Gasteiger partial charge < -0.3 is 14.2 Å². The van der Waals surface area contributed by atoms with Crippen LogP contribution in [0.25, 0.3) is 0 Å². The average Bonchev–Trinajstić information content (AvgIpc) is 3.46. The lowest BCUT2D eigenvalue weighted by Gasteiger charge is -2.18. The number of esters is 3. The van der Waals surface area contributed by atoms with Crippen molar-refractivity contribution >= 4 is 17.9 Å². The third-order valence-electron chi connectivity index (χ3n) is 15.4. The molecule has 0 heterocycles. The summed E-state index contributed by atoms with van der Waals surface area (Å²) in [6, 6.07) is 0. The van der Waals surface area contributed by atoms with Gasteiger partial charge in [0.15, 0.2) is 6.10 Å². The summed E-state index contributed by atoms with van der Waals surface area (Å²) < 4.78 is 16.9. The molecule has 0 aromatic heterocycles. The van der Waals surface area contributed by atoms with Crippen molar-refractivity contribution in [1.82, 2.24) is 0 Å². The fourth-order valence-electron chi connectivity index (χ4n) is 10.2. The Balaban J connectivity index is 4.20. The monoisotopic (exact) mass is 1120 g/mol. The summed E-state index contributed by atoms with van der Waals surface area (Å²) in [5.74, 6) is -0.889. The van der Waals surface area contributed by atoms with Gasteiger partial charge in [-0.05, 0) is 109 Å². The Labute approximate surface area is 497 Å². The normalized spacial score (nSPS) is 12.5. The predicted molar refractivity (Wildman–Crippen MR) is 348 cm³/mol. The van der Waals surface area contributed by atoms with Crippen LogP contribution in [-0.4, -0.2) is 37.2 Å². The van der Waals surface area contributed by atoms with Crippen LogP contribution in [0, 0.1) is 0 Å². The zero-order valence-electron chi connectivity index (χ0n) is 53.3. The van der Waals surface area contributed by atoms with Crippen LogP contribution in [0.4, 0.5) is 0 Å². The largest absolute Gasteiger partial charge is 0.462 e. The van der Waals surface area contributed by atoms with Gasteiger partial charge in [0.2, 0.25) is 0 Å². The van der Waals surface area contributed by atoms with E-state index in [1.165, 1.54) is 205 Å². The smallest absolute Gasteiger partial charge is 0.306 e. The van der Waals surface area contributed by atoms with E-state index in [0.717, 1.165) is 116 Å². The molecule has 1 atom stereocenters. The Morgan fingerprint density at radius 1 is 0.263 bits per heavy atom. The number of hydrogen-bond acceptors (Lipinski definition) is 6. The third kappa shape index (κ3) is 65.7. The van der Waals surface area contributed by atoms with Gasteiger partial charge in [-0.1, -0.05) is 306 Å². The minimum Gasteiger partial charge on any atom is -0.462 e. The van der Waals surface area contributed by atoms with Gasteiger partial charge in [-0.2, -0.15) is 0 Å². The summed E-state index contributed by atoms with van der Waals surface area (Å²) in [5.41, 5.74) is 0. The number of hydrogen-bond donors (Lipinski definition) is 0. The molecule has 0 saturated heterocycles. The van der Waals surface area contributed by atoms with E-state index < -0.39 is 6.10 Å². The Morgan fingerprint density at radius 2 is 0.487 bits per heavy atom. The molecule has 0 saturated carbocycles. The maximum Gasteiger partial charge on any atom is 0.306 e. The van der Waals surface area contributed by atoms with Crippen LogP contribution in [-0.2, 0) is 28.6 Å². The van der Waals surface area contributed by atoms with Crippen molar-refractivity contribution in [2.45, 2.75) is 367 Å². The first-order valence-electron chi connectivity index (χ1n) is 34.9. The lowest BCUT2D eigenvalue weighted by atomic mass is 10.0. The van der Waals surface area contributed by atoms with E-state index in [9.17, 15) is 14.4 Å².